The molecule has 5 heterocycles. The van der Waals surface area contributed by atoms with Gasteiger partial charge in [-0.2, -0.15) is 4.98 Å². The Kier molecular flexibility index (Phi) is 13.0. The standard InChI is InChI=1S/C30H48N8O15P2Si/c1-15(2)23(53-56(6,7)30(3,4)5)28(40)51-24-22(39)18(50-27(24)38-14-35-21-25(32)33-13-34-26(21)38)12-48-55(45,46)52-16-10-20(37-9-8-19(31)36-29(37)41)49-17(16)11-47-54(42,43)44/h8-9,13-18,20,22-24,27,39H,10-12H2,1-7H3,(H,45,46)(H2,31,36,41)(H2,32,33,34)(H2,42,43,44)/t16-,17+,18+,20+,22+,23-,24+,27+/m0/s1. The summed E-state index contributed by atoms with van der Waals surface area (Å²) in [5.41, 5.74) is 11.1. The molecule has 0 aliphatic carbocycles. The maximum Gasteiger partial charge on any atom is 0.472 e. The average molecular weight is 851 g/mol. The van der Waals surface area contributed by atoms with Crippen LogP contribution in [0.4, 0.5) is 11.6 Å². The van der Waals surface area contributed by atoms with Gasteiger partial charge in [0, 0.05) is 12.6 Å². The zero-order valence-electron chi connectivity index (χ0n) is 31.6. The van der Waals surface area contributed by atoms with Crippen molar-refractivity contribution in [1.82, 2.24) is 29.1 Å². The number of nitrogen functional groups attached to an aromatic ring is 2. The van der Waals surface area contributed by atoms with Gasteiger partial charge in [0.1, 0.15) is 54.4 Å². The van der Waals surface area contributed by atoms with Gasteiger partial charge in [0.2, 0.25) is 0 Å². The summed E-state index contributed by atoms with van der Waals surface area (Å²) in [6, 6.07) is 1.30. The maximum atomic E-state index is 13.9. The number of nitrogens with two attached hydrogens (primary N) is 2. The Balaban J connectivity index is 1.36. The van der Waals surface area contributed by atoms with E-state index in [0.29, 0.717) is 0 Å². The van der Waals surface area contributed by atoms with Crippen LogP contribution in [0.1, 0.15) is 53.5 Å². The number of anilines is 2. The second-order valence-corrected chi connectivity index (χ2v) is 22.6. The van der Waals surface area contributed by atoms with Gasteiger partial charge in [-0.15, -0.1) is 0 Å². The number of aliphatic hydroxyl groups excluding tert-OH is 1. The van der Waals surface area contributed by atoms with Crippen molar-refractivity contribution in [2.45, 2.75) is 108 Å². The Labute approximate surface area is 321 Å². The van der Waals surface area contributed by atoms with E-state index < -0.39 is 97.9 Å². The lowest BCUT2D eigenvalue weighted by Gasteiger charge is -2.39. The zero-order chi connectivity index (χ0) is 41.5. The summed E-state index contributed by atoms with van der Waals surface area (Å²) in [6.45, 7) is 12.0. The first-order valence-corrected chi connectivity index (χ1v) is 23.3. The van der Waals surface area contributed by atoms with Crippen molar-refractivity contribution in [2.24, 2.45) is 5.92 Å². The van der Waals surface area contributed by atoms with E-state index in [-0.39, 0.29) is 40.2 Å². The molecule has 0 bridgehead atoms. The summed E-state index contributed by atoms with van der Waals surface area (Å²) in [5.74, 6) is -1.16. The predicted octanol–water partition coefficient (Wildman–Crippen LogP) is 1.36. The highest BCUT2D eigenvalue weighted by molar-refractivity contribution is 7.47. The van der Waals surface area contributed by atoms with Gasteiger partial charge >= 0.3 is 27.3 Å². The third-order valence-electron chi connectivity index (χ3n) is 9.71. The SMILES string of the molecule is CC(C)[C@H](O[Si](C)(C)C(C)(C)C)C(=O)O[C@@H]1[C@H](O)[C@@H](COP(=O)(O)O[C@H]2C[C@H](n3ccc(N)nc3=O)O[C@@H]2COP(=O)(O)O)O[C@H]1n1cnc2c(N)ncnc21. The number of ether oxygens (including phenoxy) is 3. The topological polar surface area (TPSA) is 327 Å². The molecule has 26 heteroatoms. The highest BCUT2D eigenvalue weighted by Crippen LogP contribution is 2.50. The van der Waals surface area contributed by atoms with Crippen LogP contribution in [-0.2, 0) is 46.1 Å². The van der Waals surface area contributed by atoms with Crippen LogP contribution in [0.2, 0.25) is 18.1 Å². The van der Waals surface area contributed by atoms with Crippen LogP contribution in [0.15, 0.2) is 29.7 Å². The van der Waals surface area contributed by atoms with Crippen LogP contribution >= 0.6 is 15.6 Å². The molecule has 23 nitrogen and oxygen atoms in total. The number of phosphoric ester groups is 2. The minimum atomic E-state index is -5.12. The predicted molar refractivity (Wildman–Crippen MR) is 197 cm³/mol. The normalized spacial score (nSPS) is 26.5. The number of imidazole rings is 1. The first-order chi connectivity index (χ1) is 25.9. The summed E-state index contributed by atoms with van der Waals surface area (Å²) in [5, 5.41) is 11.3. The van der Waals surface area contributed by atoms with Crippen molar-refractivity contribution in [1.29, 1.82) is 0 Å². The lowest BCUT2D eigenvalue weighted by molar-refractivity contribution is -0.169. The quantitative estimate of drug-likeness (QED) is 0.0714. The monoisotopic (exact) mass is 850 g/mol. The molecule has 0 radical (unpaired) electrons. The molecule has 1 unspecified atom stereocenters. The van der Waals surface area contributed by atoms with Crippen molar-refractivity contribution >= 4 is 52.7 Å². The number of nitrogens with zero attached hydrogens (tertiary/aromatic N) is 6. The van der Waals surface area contributed by atoms with Crippen LogP contribution in [-0.4, -0.2) is 113 Å². The van der Waals surface area contributed by atoms with Crippen LogP contribution in [0.25, 0.3) is 11.2 Å². The van der Waals surface area contributed by atoms with Crippen LogP contribution in [0.3, 0.4) is 0 Å². The second kappa shape index (κ2) is 16.6. The molecule has 0 aromatic carbocycles. The number of fused-ring (bicyclic) bond motifs is 1. The third-order valence-corrected chi connectivity index (χ3v) is 15.7. The number of aliphatic hydroxyl groups is 1. The molecule has 0 spiro atoms. The Hall–Kier alpha value is -3.22. The lowest BCUT2D eigenvalue weighted by atomic mass is 10.1. The number of hydrogen-bond acceptors (Lipinski definition) is 18. The Morgan fingerprint density at radius 3 is 2.36 bits per heavy atom. The van der Waals surface area contributed by atoms with E-state index in [9.17, 15) is 38.5 Å². The number of carbonyl (C=O) groups is 1. The molecule has 0 amide bonds. The molecule has 2 fully saturated rings. The maximum absolute atomic E-state index is 13.9. The molecule has 2 aliphatic heterocycles. The molecule has 3 aromatic rings. The molecule has 2 aliphatic rings. The highest BCUT2D eigenvalue weighted by atomic mass is 31.2. The Bertz CT molecular complexity index is 2040. The van der Waals surface area contributed by atoms with Crippen molar-refractivity contribution in [3.63, 3.8) is 0 Å². The number of carbonyl (C=O) groups excluding carboxylic acids is 1. The van der Waals surface area contributed by atoms with Crippen LogP contribution in [0.5, 0.6) is 0 Å². The van der Waals surface area contributed by atoms with Gasteiger partial charge in [0.25, 0.3) is 0 Å². The smallest absolute Gasteiger partial charge is 0.453 e. The minimum Gasteiger partial charge on any atom is -0.453 e. The number of phosphoric acid groups is 2. The molecule has 3 aromatic heterocycles. The van der Waals surface area contributed by atoms with Crippen molar-refractivity contribution < 1.29 is 65.9 Å². The number of hydrogen-bond donors (Lipinski definition) is 6. The fraction of sp³-hybridized carbons (Fsp3) is 0.667. The van der Waals surface area contributed by atoms with Gasteiger partial charge < -0.3 is 49.9 Å². The van der Waals surface area contributed by atoms with Gasteiger partial charge in [0.05, 0.1) is 19.5 Å². The molecular formula is C30H48N8O15P2Si. The summed E-state index contributed by atoms with van der Waals surface area (Å²) in [4.78, 5) is 71.6. The zero-order valence-corrected chi connectivity index (χ0v) is 34.4. The van der Waals surface area contributed by atoms with Gasteiger partial charge in [-0.05, 0) is 30.1 Å². The average Bonchev–Trinajstić information content (AvgIpc) is 3.76. The molecular weight excluding hydrogens is 802 g/mol. The summed E-state index contributed by atoms with van der Waals surface area (Å²) in [6.07, 6.45) is -7.49. The van der Waals surface area contributed by atoms with Crippen LogP contribution < -0.4 is 17.2 Å². The van der Waals surface area contributed by atoms with E-state index in [2.05, 4.69) is 24.5 Å². The van der Waals surface area contributed by atoms with Crippen LogP contribution in [0, 0.1) is 5.92 Å². The molecule has 312 valence electrons. The van der Waals surface area contributed by atoms with Crippen molar-refractivity contribution in [3.05, 3.63) is 35.4 Å². The second-order valence-electron chi connectivity index (χ2n) is 15.2. The van der Waals surface area contributed by atoms with Gasteiger partial charge in [-0.1, -0.05) is 34.6 Å². The highest BCUT2D eigenvalue weighted by Gasteiger charge is 2.51. The van der Waals surface area contributed by atoms with E-state index >= 15 is 0 Å². The molecule has 2 saturated heterocycles. The first-order valence-electron chi connectivity index (χ1n) is 17.4. The van der Waals surface area contributed by atoms with E-state index in [4.69, 9.17) is 39.2 Å². The number of rotatable bonds is 15. The molecule has 5 rings (SSSR count). The fourth-order valence-corrected chi connectivity index (χ4v) is 8.39. The Morgan fingerprint density at radius 2 is 1.73 bits per heavy atom. The fourth-order valence-electron chi connectivity index (χ4n) is 5.73. The first kappa shape index (κ1) is 43.9. The van der Waals surface area contributed by atoms with Crippen molar-refractivity contribution in [2.75, 3.05) is 24.7 Å². The van der Waals surface area contributed by atoms with Crippen molar-refractivity contribution in [3.8, 4) is 0 Å². The van der Waals surface area contributed by atoms with E-state index in [1.807, 2.05) is 33.9 Å². The number of aromatic nitrogens is 6. The van der Waals surface area contributed by atoms with Gasteiger partial charge in [-0.3, -0.25) is 22.7 Å². The van der Waals surface area contributed by atoms with E-state index in [1.54, 1.807) is 13.8 Å². The minimum absolute atomic E-state index is 0.0434. The summed E-state index contributed by atoms with van der Waals surface area (Å²) >= 11 is 0. The van der Waals surface area contributed by atoms with E-state index in [1.165, 1.54) is 29.5 Å². The van der Waals surface area contributed by atoms with Gasteiger partial charge in [-0.25, -0.2) is 33.7 Å². The van der Waals surface area contributed by atoms with E-state index in [0.717, 1.165) is 4.57 Å². The lowest BCUT2D eigenvalue weighted by Crippen LogP contribution is -2.49. The number of esters is 1. The molecule has 56 heavy (non-hydrogen) atoms. The summed E-state index contributed by atoms with van der Waals surface area (Å²) < 4.78 is 66.5. The largest absolute Gasteiger partial charge is 0.472 e. The summed E-state index contributed by atoms with van der Waals surface area (Å²) in [7, 11) is -12.7. The molecule has 8 N–H and O–H groups in total. The molecule has 9 atom stereocenters. The third kappa shape index (κ3) is 10.1. The molecule has 0 saturated carbocycles. The Morgan fingerprint density at radius 1 is 1.05 bits per heavy atom. The van der Waals surface area contributed by atoms with Gasteiger partial charge in [0.15, 0.2) is 32.1 Å².